The molecule has 19 heavy (non-hydrogen) atoms. The molecule has 0 aliphatic rings. The minimum atomic E-state index is -0.565. The number of halogens is 2. The van der Waals surface area contributed by atoms with Gasteiger partial charge in [0.15, 0.2) is 0 Å². The van der Waals surface area contributed by atoms with Crippen LogP contribution in [0.5, 0.6) is 0 Å². The van der Waals surface area contributed by atoms with Gasteiger partial charge in [-0.1, -0.05) is 23.2 Å². The quantitative estimate of drug-likeness (QED) is 0.794. The summed E-state index contributed by atoms with van der Waals surface area (Å²) in [5, 5.41) is 20.7. The summed E-state index contributed by atoms with van der Waals surface area (Å²) in [6.45, 7) is 0. The zero-order valence-electron chi connectivity index (χ0n) is 9.37. The fourth-order valence-corrected chi connectivity index (χ4v) is 1.66. The number of nitriles is 1. The summed E-state index contributed by atoms with van der Waals surface area (Å²) < 4.78 is 0. The van der Waals surface area contributed by atoms with E-state index < -0.39 is 6.03 Å². The number of benzene rings is 1. The van der Waals surface area contributed by atoms with Gasteiger partial charge in [-0.25, -0.2) is 4.79 Å². The molecule has 3 N–H and O–H groups in total. The lowest BCUT2D eigenvalue weighted by molar-refractivity contribution is 0.262. The number of rotatable bonds is 2. The van der Waals surface area contributed by atoms with Crippen LogP contribution >= 0.6 is 23.2 Å². The van der Waals surface area contributed by atoms with Gasteiger partial charge in [0.2, 0.25) is 0 Å². The molecule has 1 aromatic carbocycles. The predicted molar refractivity (Wildman–Crippen MR) is 72.4 cm³/mol. The molecule has 0 unspecified atom stereocenters. The number of aromatic amines is 1. The number of hydrogen-bond donors (Lipinski definition) is 3. The van der Waals surface area contributed by atoms with Crippen LogP contribution < -0.4 is 10.6 Å². The number of hydrogen-bond acceptors (Lipinski definition) is 3. The lowest BCUT2D eigenvalue weighted by atomic mass is 10.3. The third kappa shape index (κ3) is 3.16. The first-order chi connectivity index (χ1) is 9.10. The number of anilines is 2. The number of nitrogens with one attached hydrogen (secondary N) is 3. The van der Waals surface area contributed by atoms with Crippen LogP contribution in [0.3, 0.4) is 0 Å². The zero-order valence-corrected chi connectivity index (χ0v) is 10.9. The molecule has 1 heterocycles. The second kappa shape index (κ2) is 5.61. The molecule has 0 saturated carbocycles. The predicted octanol–water partition coefficient (Wildman–Crippen LogP) is 3.23. The molecule has 0 bridgehead atoms. The van der Waals surface area contributed by atoms with Gasteiger partial charge < -0.3 is 5.32 Å². The SMILES string of the molecule is N#Cc1cn[nH]c1NC(=O)Nc1cc(Cl)ccc1Cl. The summed E-state index contributed by atoms with van der Waals surface area (Å²) in [4.78, 5) is 11.7. The molecule has 8 heteroatoms. The Morgan fingerprint density at radius 1 is 1.37 bits per heavy atom. The van der Waals surface area contributed by atoms with Crippen molar-refractivity contribution in [1.82, 2.24) is 10.2 Å². The molecule has 0 spiro atoms. The van der Waals surface area contributed by atoms with Crippen LogP contribution in [0.25, 0.3) is 0 Å². The highest BCUT2D eigenvalue weighted by Gasteiger charge is 2.10. The van der Waals surface area contributed by atoms with Crippen molar-refractivity contribution in [2.45, 2.75) is 0 Å². The third-order valence-corrected chi connectivity index (χ3v) is 2.74. The van der Waals surface area contributed by atoms with Gasteiger partial charge in [0, 0.05) is 5.02 Å². The Hall–Kier alpha value is -2.23. The standard InChI is InChI=1S/C11H7Cl2N5O/c12-7-1-2-8(13)9(3-7)16-11(19)17-10-6(4-14)5-15-18-10/h1-3,5H,(H3,15,16,17,18,19). The number of nitrogens with zero attached hydrogens (tertiary/aromatic N) is 2. The van der Waals surface area contributed by atoms with Crippen molar-refractivity contribution in [3.63, 3.8) is 0 Å². The van der Waals surface area contributed by atoms with Crippen LogP contribution in [0.4, 0.5) is 16.3 Å². The van der Waals surface area contributed by atoms with Crippen molar-refractivity contribution in [3.8, 4) is 6.07 Å². The highest BCUT2D eigenvalue weighted by atomic mass is 35.5. The minimum absolute atomic E-state index is 0.207. The van der Waals surface area contributed by atoms with Crippen LogP contribution in [0.2, 0.25) is 10.0 Å². The molecular formula is C11H7Cl2N5O. The first-order valence-corrected chi connectivity index (χ1v) is 5.82. The van der Waals surface area contributed by atoms with Crippen LogP contribution in [0.15, 0.2) is 24.4 Å². The Bertz CT molecular complexity index is 661. The van der Waals surface area contributed by atoms with Gasteiger partial charge in [0.1, 0.15) is 17.5 Å². The molecule has 96 valence electrons. The average Bonchev–Trinajstić information content (AvgIpc) is 2.81. The molecule has 2 aromatic rings. The minimum Gasteiger partial charge on any atom is -0.306 e. The average molecular weight is 296 g/mol. The maximum Gasteiger partial charge on any atom is 0.324 e. The van der Waals surface area contributed by atoms with Gasteiger partial charge in [-0.15, -0.1) is 0 Å². The maximum absolute atomic E-state index is 11.7. The first-order valence-electron chi connectivity index (χ1n) is 5.06. The van der Waals surface area contributed by atoms with E-state index in [4.69, 9.17) is 28.5 Å². The summed E-state index contributed by atoms with van der Waals surface area (Å²) in [5.74, 6) is 0.207. The molecule has 1 aromatic heterocycles. The van der Waals surface area contributed by atoms with E-state index in [1.807, 2.05) is 6.07 Å². The van der Waals surface area contributed by atoms with Crippen LogP contribution in [-0.2, 0) is 0 Å². The fourth-order valence-electron chi connectivity index (χ4n) is 1.33. The number of H-pyrrole nitrogens is 1. The van der Waals surface area contributed by atoms with Gasteiger partial charge in [0.25, 0.3) is 0 Å². The van der Waals surface area contributed by atoms with E-state index in [0.717, 1.165) is 0 Å². The van der Waals surface area contributed by atoms with Gasteiger partial charge in [-0.3, -0.25) is 10.4 Å². The third-order valence-electron chi connectivity index (χ3n) is 2.17. The fraction of sp³-hybridized carbons (Fsp3) is 0. The topological polar surface area (TPSA) is 93.6 Å². The summed E-state index contributed by atoms with van der Waals surface area (Å²) in [6.07, 6.45) is 1.31. The second-order valence-electron chi connectivity index (χ2n) is 3.47. The summed E-state index contributed by atoms with van der Waals surface area (Å²) in [5.41, 5.74) is 0.594. The van der Waals surface area contributed by atoms with Gasteiger partial charge in [-0.2, -0.15) is 10.4 Å². The van der Waals surface area contributed by atoms with E-state index in [2.05, 4.69) is 20.8 Å². The van der Waals surface area contributed by atoms with E-state index in [1.54, 1.807) is 12.1 Å². The van der Waals surface area contributed by atoms with Crippen molar-refractivity contribution in [2.24, 2.45) is 0 Å². The van der Waals surface area contributed by atoms with Crippen molar-refractivity contribution in [1.29, 1.82) is 5.26 Å². The van der Waals surface area contributed by atoms with Crippen molar-refractivity contribution >= 4 is 40.7 Å². The Labute approximate surface area is 118 Å². The Morgan fingerprint density at radius 3 is 2.89 bits per heavy atom. The number of aromatic nitrogens is 2. The Kier molecular flexibility index (Phi) is 3.90. The van der Waals surface area contributed by atoms with E-state index >= 15 is 0 Å². The number of amides is 2. The molecule has 0 saturated heterocycles. The number of carbonyl (C=O) groups is 1. The van der Waals surface area contributed by atoms with Crippen LogP contribution in [0, 0.1) is 11.3 Å². The largest absolute Gasteiger partial charge is 0.324 e. The normalized spacial score (nSPS) is 9.74. The van der Waals surface area contributed by atoms with E-state index in [0.29, 0.717) is 15.7 Å². The van der Waals surface area contributed by atoms with Gasteiger partial charge in [-0.05, 0) is 18.2 Å². The molecule has 0 fully saturated rings. The summed E-state index contributed by atoms with van der Waals surface area (Å²) >= 11 is 11.7. The molecule has 2 amide bonds. The molecule has 2 rings (SSSR count). The van der Waals surface area contributed by atoms with Gasteiger partial charge >= 0.3 is 6.03 Å². The van der Waals surface area contributed by atoms with Crippen molar-refractivity contribution < 1.29 is 4.79 Å². The van der Waals surface area contributed by atoms with Crippen molar-refractivity contribution in [3.05, 3.63) is 40.0 Å². The summed E-state index contributed by atoms with van der Waals surface area (Å²) in [6, 6.07) is 6.01. The zero-order chi connectivity index (χ0) is 13.8. The molecule has 0 aliphatic heterocycles. The maximum atomic E-state index is 11.7. The van der Waals surface area contributed by atoms with E-state index in [1.165, 1.54) is 12.3 Å². The molecule has 0 aliphatic carbocycles. The van der Waals surface area contributed by atoms with E-state index in [-0.39, 0.29) is 11.4 Å². The highest BCUT2D eigenvalue weighted by Crippen LogP contribution is 2.25. The Balaban J connectivity index is 2.10. The lowest BCUT2D eigenvalue weighted by Gasteiger charge is -2.08. The van der Waals surface area contributed by atoms with E-state index in [9.17, 15) is 4.79 Å². The first kappa shape index (κ1) is 13.2. The monoisotopic (exact) mass is 295 g/mol. The molecule has 0 atom stereocenters. The highest BCUT2D eigenvalue weighted by molar-refractivity contribution is 6.35. The van der Waals surface area contributed by atoms with Gasteiger partial charge in [0.05, 0.1) is 16.9 Å². The van der Waals surface area contributed by atoms with Crippen LogP contribution in [-0.4, -0.2) is 16.2 Å². The lowest BCUT2D eigenvalue weighted by Crippen LogP contribution is -2.20. The van der Waals surface area contributed by atoms with Crippen molar-refractivity contribution in [2.75, 3.05) is 10.6 Å². The van der Waals surface area contributed by atoms with Crippen LogP contribution in [0.1, 0.15) is 5.56 Å². The second-order valence-corrected chi connectivity index (χ2v) is 4.32. The summed E-state index contributed by atoms with van der Waals surface area (Å²) in [7, 11) is 0. The molecular weight excluding hydrogens is 289 g/mol. The smallest absolute Gasteiger partial charge is 0.306 e. The Morgan fingerprint density at radius 2 is 2.16 bits per heavy atom. The molecule has 0 radical (unpaired) electrons. The molecule has 6 nitrogen and oxygen atoms in total. The number of urea groups is 1. The number of carbonyl (C=O) groups excluding carboxylic acids is 1.